The van der Waals surface area contributed by atoms with E-state index in [0.717, 1.165) is 37.0 Å². The van der Waals surface area contributed by atoms with Crippen molar-refractivity contribution >= 4 is 29.2 Å². The molecule has 5 nitrogen and oxygen atoms in total. The Hall–Kier alpha value is -1.85. The van der Waals surface area contributed by atoms with E-state index in [2.05, 4.69) is 24.1 Å². The van der Waals surface area contributed by atoms with Crippen molar-refractivity contribution < 1.29 is 4.79 Å². The number of hydrogen-bond donors (Lipinski definition) is 1. The molecule has 6 heteroatoms. The van der Waals surface area contributed by atoms with Gasteiger partial charge in [0.1, 0.15) is 5.56 Å². The molecule has 0 fully saturated rings. The van der Waals surface area contributed by atoms with Crippen LogP contribution in [0.2, 0.25) is 0 Å². The SMILES string of the molecule is CCCn1c(=O)c(C(=O)NCCN(CC)CC)cc2ccccc21.Cl. The van der Waals surface area contributed by atoms with Crippen molar-refractivity contribution in [2.24, 2.45) is 0 Å². The van der Waals surface area contributed by atoms with Gasteiger partial charge in [-0.25, -0.2) is 0 Å². The summed E-state index contributed by atoms with van der Waals surface area (Å²) in [6, 6.07) is 9.40. The predicted octanol–water partition coefficient (Wildman–Crippen LogP) is 2.90. The monoisotopic (exact) mass is 365 g/mol. The molecular weight excluding hydrogens is 338 g/mol. The van der Waals surface area contributed by atoms with Gasteiger partial charge in [-0.1, -0.05) is 39.0 Å². The fourth-order valence-corrected chi connectivity index (χ4v) is 2.90. The molecule has 0 unspecified atom stereocenters. The normalized spacial score (nSPS) is 10.7. The predicted molar refractivity (Wildman–Crippen MR) is 106 cm³/mol. The number of benzene rings is 1. The standard InChI is InChI=1S/C19H27N3O2.ClH/c1-4-12-22-17-10-8-7-9-15(17)14-16(19(22)24)18(23)20-11-13-21(5-2)6-3;/h7-10,14H,4-6,11-13H2,1-3H3,(H,20,23);1H. The molecule has 1 amide bonds. The molecule has 138 valence electrons. The minimum atomic E-state index is -0.289. The van der Waals surface area contributed by atoms with Crippen LogP contribution in [0.3, 0.4) is 0 Å². The lowest BCUT2D eigenvalue weighted by Crippen LogP contribution is -2.38. The maximum absolute atomic E-state index is 12.7. The van der Waals surface area contributed by atoms with E-state index in [4.69, 9.17) is 0 Å². The van der Waals surface area contributed by atoms with Crippen molar-refractivity contribution in [2.45, 2.75) is 33.7 Å². The number of rotatable bonds is 8. The van der Waals surface area contributed by atoms with Gasteiger partial charge < -0.3 is 14.8 Å². The zero-order chi connectivity index (χ0) is 17.5. The third-order valence-corrected chi connectivity index (χ3v) is 4.30. The van der Waals surface area contributed by atoms with Crippen LogP contribution in [0.4, 0.5) is 0 Å². The third kappa shape index (κ3) is 5.06. The molecule has 1 aromatic heterocycles. The van der Waals surface area contributed by atoms with Crippen LogP contribution in [0.15, 0.2) is 35.1 Å². The molecule has 1 aromatic carbocycles. The first-order valence-electron chi connectivity index (χ1n) is 8.75. The van der Waals surface area contributed by atoms with Crippen LogP contribution in [-0.2, 0) is 6.54 Å². The fourth-order valence-electron chi connectivity index (χ4n) is 2.90. The minimum Gasteiger partial charge on any atom is -0.351 e. The molecule has 0 saturated carbocycles. The van der Waals surface area contributed by atoms with Crippen LogP contribution in [0, 0.1) is 0 Å². The van der Waals surface area contributed by atoms with Gasteiger partial charge in [-0.3, -0.25) is 9.59 Å². The third-order valence-electron chi connectivity index (χ3n) is 4.30. The minimum absolute atomic E-state index is 0. The fraction of sp³-hybridized carbons (Fsp3) is 0.474. The summed E-state index contributed by atoms with van der Waals surface area (Å²) in [6.45, 7) is 10.1. The van der Waals surface area contributed by atoms with Crippen LogP contribution in [0.25, 0.3) is 10.9 Å². The largest absolute Gasteiger partial charge is 0.351 e. The zero-order valence-electron chi connectivity index (χ0n) is 15.2. The van der Waals surface area contributed by atoms with Gasteiger partial charge in [0.15, 0.2) is 0 Å². The number of aryl methyl sites for hydroxylation is 1. The molecule has 0 aliphatic carbocycles. The van der Waals surface area contributed by atoms with Gasteiger partial charge in [-0.15, -0.1) is 12.4 Å². The molecular formula is C19H28ClN3O2. The van der Waals surface area contributed by atoms with E-state index in [1.54, 1.807) is 10.6 Å². The maximum atomic E-state index is 12.7. The Balaban J connectivity index is 0.00000312. The van der Waals surface area contributed by atoms with E-state index in [-0.39, 0.29) is 29.4 Å². The number of para-hydroxylation sites is 1. The van der Waals surface area contributed by atoms with Crippen LogP contribution >= 0.6 is 12.4 Å². The van der Waals surface area contributed by atoms with Crippen molar-refractivity contribution in [3.63, 3.8) is 0 Å². The number of pyridine rings is 1. The molecule has 0 radical (unpaired) electrons. The van der Waals surface area contributed by atoms with Gasteiger partial charge in [0.2, 0.25) is 0 Å². The van der Waals surface area contributed by atoms with Crippen molar-refractivity contribution in [1.82, 2.24) is 14.8 Å². The highest BCUT2D eigenvalue weighted by molar-refractivity contribution is 5.97. The number of aromatic nitrogens is 1. The van der Waals surface area contributed by atoms with E-state index in [1.807, 2.05) is 31.2 Å². The Morgan fingerprint density at radius 1 is 1.16 bits per heavy atom. The van der Waals surface area contributed by atoms with Gasteiger partial charge >= 0.3 is 0 Å². The number of carbonyl (C=O) groups excluding carboxylic acids is 1. The first kappa shape index (κ1) is 21.2. The highest BCUT2D eigenvalue weighted by atomic mass is 35.5. The summed E-state index contributed by atoms with van der Waals surface area (Å²) >= 11 is 0. The Labute approximate surface area is 155 Å². The van der Waals surface area contributed by atoms with Crippen LogP contribution in [0.1, 0.15) is 37.6 Å². The summed E-state index contributed by atoms with van der Waals surface area (Å²) in [4.78, 5) is 27.4. The van der Waals surface area contributed by atoms with Gasteiger partial charge in [0.25, 0.3) is 11.5 Å². The number of nitrogens with one attached hydrogen (secondary N) is 1. The lowest BCUT2D eigenvalue weighted by molar-refractivity contribution is 0.0947. The topological polar surface area (TPSA) is 54.3 Å². The highest BCUT2D eigenvalue weighted by Gasteiger charge is 2.15. The lowest BCUT2D eigenvalue weighted by atomic mass is 10.1. The van der Waals surface area contributed by atoms with E-state index in [9.17, 15) is 9.59 Å². The molecule has 0 aliphatic heterocycles. The van der Waals surface area contributed by atoms with Crippen LogP contribution in [0.5, 0.6) is 0 Å². The molecule has 2 aromatic rings. The van der Waals surface area contributed by atoms with E-state index >= 15 is 0 Å². The summed E-state index contributed by atoms with van der Waals surface area (Å²) in [7, 11) is 0. The molecule has 25 heavy (non-hydrogen) atoms. The Morgan fingerprint density at radius 2 is 1.84 bits per heavy atom. The first-order valence-corrected chi connectivity index (χ1v) is 8.75. The van der Waals surface area contributed by atoms with E-state index in [1.165, 1.54) is 0 Å². The van der Waals surface area contributed by atoms with Crippen LogP contribution < -0.4 is 10.9 Å². The van der Waals surface area contributed by atoms with Gasteiger partial charge in [-0.05, 0) is 37.0 Å². The van der Waals surface area contributed by atoms with Gasteiger partial charge in [-0.2, -0.15) is 0 Å². The maximum Gasteiger partial charge on any atom is 0.263 e. The molecule has 0 saturated heterocycles. The summed E-state index contributed by atoms with van der Waals surface area (Å²) < 4.78 is 1.70. The Morgan fingerprint density at radius 3 is 2.48 bits per heavy atom. The molecule has 0 spiro atoms. The zero-order valence-corrected chi connectivity index (χ0v) is 16.1. The van der Waals surface area contributed by atoms with Crippen molar-refractivity contribution in [1.29, 1.82) is 0 Å². The molecule has 0 bridgehead atoms. The van der Waals surface area contributed by atoms with Crippen molar-refractivity contribution in [3.8, 4) is 0 Å². The highest BCUT2D eigenvalue weighted by Crippen LogP contribution is 2.13. The second-order valence-corrected chi connectivity index (χ2v) is 5.86. The first-order chi connectivity index (χ1) is 11.6. The lowest BCUT2D eigenvalue weighted by Gasteiger charge is -2.18. The smallest absolute Gasteiger partial charge is 0.263 e. The molecule has 0 atom stereocenters. The molecule has 0 aliphatic rings. The molecule has 2 rings (SSSR count). The van der Waals surface area contributed by atoms with Gasteiger partial charge in [0.05, 0.1) is 5.52 Å². The second kappa shape index (κ2) is 10.2. The number of amides is 1. The number of fused-ring (bicyclic) bond motifs is 1. The average Bonchev–Trinajstić information content (AvgIpc) is 2.60. The average molecular weight is 366 g/mol. The number of halogens is 1. The summed E-state index contributed by atoms with van der Waals surface area (Å²) in [6.07, 6.45) is 0.844. The quantitative estimate of drug-likeness (QED) is 0.782. The second-order valence-electron chi connectivity index (χ2n) is 5.86. The van der Waals surface area contributed by atoms with E-state index in [0.29, 0.717) is 13.1 Å². The van der Waals surface area contributed by atoms with Gasteiger partial charge in [0, 0.05) is 19.6 Å². The number of likely N-dealkylation sites (N-methyl/N-ethyl adjacent to an activating group) is 1. The molecule has 1 N–H and O–H groups in total. The summed E-state index contributed by atoms with van der Waals surface area (Å²) in [5.74, 6) is -0.289. The number of hydrogen-bond acceptors (Lipinski definition) is 3. The van der Waals surface area contributed by atoms with Crippen molar-refractivity contribution in [2.75, 3.05) is 26.2 Å². The van der Waals surface area contributed by atoms with Crippen molar-refractivity contribution in [3.05, 3.63) is 46.2 Å². The summed E-state index contributed by atoms with van der Waals surface area (Å²) in [5, 5.41) is 3.80. The van der Waals surface area contributed by atoms with Crippen LogP contribution in [-0.4, -0.2) is 41.6 Å². The Bertz CT molecular complexity index is 754. The molecule has 1 heterocycles. The number of carbonyl (C=O) groups is 1. The summed E-state index contributed by atoms with van der Waals surface area (Å²) in [5.41, 5.74) is 0.890. The Kier molecular flexibility index (Phi) is 8.66. The van der Waals surface area contributed by atoms with E-state index < -0.39 is 0 Å². The number of nitrogens with zero attached hydrogens (tertiary/aromatic N) is 2.